The molecule has 30 heavy (non-hydrogen) atoms. The first-order valence-electron chi connectivity index (χ1n) is 10.6. The summed E-state index contributed by atoms with van der Waals surface area (Å²) >= 11 is 5.89. The highest BCUT2D eigenvalue weighted by Gasteiger charge is 2.26. The largest absolute Gasteiger partial charge is 0.362 e. The molecule has 1 aliphatic heterocycles. The summed E-state index contributed by atoms with van der Waals surface area (Å²) in [5.41, 5.74) is 0.499. The number of hydrogen-bond acceptors (Lipinski definition) is 5. The number of carbonyl (C=O) groups is 2. The summed E-state index contributed by atoms with van der Waals surface area (Å²) in [5, 5.41) is 11.6. The van der Waals surface area contributed by atoms with E-state index in [1.807, 2.05) is 9.80 Å². The zero-order chi connectivity index (χ0) is 22.1. The number of anilines is 1. The lowest BCUT2D eigenvalue weighted by Gasteiger charge is -2.36. The van der Waals surface area contributed by atoms with Gasteiger partial charge in [-0.15, -0.1) is 0 Å². The quantitative estimate of drug-likeness (QED) is 0.410. The first-order chi connectivity index (χ1) is 14.4. The minimum Gasteiger partial charge on any atom is -0.362 e. The molecule has 1 aliphatic rings. The summed E-state index contributed by atoms with van der Waals surface area (Å²) < 4.78 is 0. The Balaban J connectivity index is 1.82. The number of hydrogen-bond donors (Lipinski definition) is 0. The molecule has 166 valence electrons. The van der Waals surface area contributed by atoms with E-state index in [9.17, 15) is 19.7 Å². The van der Waals surface area contributed by atoms with Crippen molar-refractivity contribution in [2.75, 3.05) is 44.2 Å². The summed E-state index contributed by atoms with van der Waals surface area (Å²) in [5.74, 6) is 0.150. The fourth-order valence-corrected chi connectivity index (χ4v) is 3.88. The Kier molecular flexibility index (Phi) is 9.36. The molecule has 1 aromatic carbocycles. The number of benzene rings is 1. The minimum absolute atomic E-state index is 0.0236. The maximum Gasteiger partial charge on any atom is 0.294 e. The van der Waals surface area contributed by atoms with E-state index in [-0.39, 0.29) is 17.5 Å². The number of carbonyl (C=O) groups excluding carboxylic acids is 2. The molecule has 1 fully saturated rings. The zero-order valence-corrected chi connectivity index (χ0v) is 18.6. The van der Waals surface area contributed by atoms with E-state index in [1.54, 1.807) is 17.0 Å². The van der Waals surface area contributed by atoms with Crippen molar-refractivity contribution in [3.63, 3.8) is 0 Å². The monoisotopic (exact) mass is 438 g/mol. The van der Waals surface area contributed by atoms with E-state index in [0.29, 0.717) is 56.2 Å². The van der Waals surface area contributed by atoms with E-state index in [4.69, 9.17) is 11.6 Å². The standard InChI is InChI=1S/C21H31ClN4O4/c1-3-10-24(11-4-2)20(27)6-5-7-21(28)25-14-12-23(13-15-25)18-9-8-17(22)16-19(18)26(29)30/h8-9,16H,3-7,10-15H2,1-2H3. The van der Waals surface area contributed by atoms with Crippen LogP contribution in [0.15, 0.2) is 18.2 Å². The Labute approximate surface area is 182 Å². The number of halogens is 1. The van der Waals surface area contributed by atoms with Gasteiger partial charge in [0.25, 0.3) is 5.69 Å². The van der Waals surface area contributed by atoms with Crippen molar-refractivity contribution in [2.24, 2.45) is 0 Å². The fourth-order valence-electron chi connectivity index (χ4n) is 3.72. The van der Waals surface area contributed by atoms with Crippen molar-refractivity contribution in [1.29, 1.82) is 0 Å². The van der Waals surface area contributed by atoms with Crippen molar-refractivity contribution < 1.29 is 14.5 Å². The van der Waals surface area contributed by atoms with Crippen LogP contribution in [0.25, 0.3) is 0 Å². The molecule has 0 saturated carbocycles. The van der Waals surface area contributed by atoms with Gasteiger partial charge in [-0.2, -0.15) is 0 Å². The van der Waals surface area contributed by atoms with Gasteiger partial charge in [0, 0.05) is 63.2 Å². The first-order valence-corrected chi connectivity index (χ1v) is 11.0. The van der Waals surface area contributed by atoms with Crippen LogP contribution in [0.1, 0.15) is 46.0 Å². The number of nitro groups is 1. The molecule has 8 nitrogen and oxygen atoms in total. The molecular weight excluding hydrogens is 408 g/mol. The van der Waals surface area contributed by atoms with Gasteiger partial charge in [-0.05, 0) is 31.4 Å². The lowest BCUT2D eigenvalue weighted by atomic mass is 10.1. The second-order valence-electron chi connectivity index (χ2n) is 7.49. The summed E-state index contributed by atoms with van der Waals surface area (Å²) in [6.07, 6.45) is 3.15. The average molecular weight is 439 g/mol. The number of amides is 2. The summed E-state index contributed by atoms with van der Waals surface area (Å²) in [6.45, 7) is 7.69. The van der Waals surface area contributed by atoms with E-state index in [0.717, 1.165) is 25.9 Å². The average Bonchev–Trinajstić information content (AvgIpc) is 2.73. The second kappa shape index (κ2) is 11.7. The van der Waals surface area contributed by atoms with Gasteiger partial charge in [-0.1, -0.05) is 25.4 Å². The Morgan fingerprint density at radius 2 is 1.73 bits per heavy atom. The van der Waals surface area contributed by atoms with Gasteiger partial charge in [0.05, 0.1) is 4.92 Å². The third kappa shape index (κ3) is 6.58. The highest BCUT2D eigenvalue weighted by molar-refractivity contribution is 6.30. The van der Waals surface area contributed by atoms with Crippen molar-refractivity contribution >= 4 is 34.8 Å². The molecule has 0 aromatic heterocycles. The van der Waals surface area contributed by atoms with Crippen LogP contribution in [0, 0.1) is 10.1 Å². The number of rotatable bonds is 10. The highest BCUT2D eigenvalue weighted by atomic mass is 35.5. The SMILES string of the molecule is CCCN(CCC)C(=O)CCCC(=O)N1CCN(c2ccc(Cl)cc2[N+](=O)[O-])CC1. The van der Waals surface area contributed by atoms with Gasteiger partial charge in [0.2, 0.25) is 11.8 Å². The van der Waals surface area contributed by atoms with Crippen LogP contribution in [0.2, 0.25) is 5.02 Å². The van der Waals surface area contributed by atoms with Crippen molar-refractivity contribution in [2.45, 2.75) is 46.0 Å². The third-order valence-corrected chi connectivity index (χ3v) is 5.46. The van der Waals surface area contributed by atoms with E-state index in [1.165, 1.54) is 6.07 Å². The maximum absolute atomic E-state index is 12.5. The molecule has 1 saturated heterocycles. The van der Waals surface area contributed by atoms with Gasteiger partial charge in [0.1, 0.15) is 5.69 Å². The van der Waals surface area contributed by atoms with Crippen molar-refractivity contribution in [3.05, 3.63) is 33.3 Å². The molecule has 0 spiro atoms. The predicted molar refractivity (Wildman–Crippen MR) is 118 cm³/mol. The maximum atomic E-state index is 12.5. The summed E-state index contributed by atoms with van der Waals surface area (Å²) in [7, 11) is 0. The van der Waals surface area contributed by atoms with Crippen LogP contribution in [0.3, 0.4) is 0 Å². The molecule has 0 atom stereocenters. The van der Waals surface area contributed by atoms with Crippen LogP contribution < -0.4 is 4.90 Å². The van der Waals surface area contributed by atoms with Crippen LogP contribution in [-0.2, 0) is 9.59 Å². The van der Waals surface area contributed by atoms with E-state index in [2.05, 4.69) is 13.8 Å². The Morgan fingerprint density at radius 3 is 2.30 bits per heavy atom. The number of piperazine rings is 1. The molecule has 1 heterocycles. The van der Waals surface area contributed by atoms with Gasteiger partial charge in [-0.25, -0.2) is 0 Å². The molecule has 0 unspecified atom stereocenters. The lowest BCUT2D eigenvalue weighted by molar-refractivity contribution is -0.384. The second-order valence-corrected chi connectivity index (χ2v) is 7.93. The van der Waals surface area contributed by atoms with Gasteiger partial charge >= 0.3 is 0 Å². The highest BCUT2D eigenvalue weighted by Crippen LogP contribution is 2.31. The van der Waals surface area contributed by atoms with Gasteiger partial charge in [-0.3, -0.25) is 19.7 Å². The molecule has 9 heteroatoms. The third-order valence-electron chi connectivity index (χ3n) is 5.23. The molecular formula is C21H31ClN4O4. The first kappa shape index (κ1) is 23.9. The molecule has 1 aromatic rings. The smallest absolute Gasteiger partial charge is 0.294 e. The van der Waals surface area contributed by atoms with Crippen molar-refractivity contribution in [3.8, 4) is 0 Å². The Bertz CT molecular complexity index is 745. The number of nitrogens with zero attached hydrogens (tertiary/aromatic N) is 4. The fraction of sp³-hybridized carbons (Fsp3) is 0.619. The molecule has 0 radical (unpaired) electrons. The van der Waals surface area contributed by atoms with Crippen molar-refractivity contribution in [1.82, 2.24) is 9.80 Å². The molecule has 0 aliphatic carbocycles. The normalized spacial score (nSPS) is 14.0. The molecule has 2 rings (SSSR count). The Morgan fingerprint density at radius 1 is 1.10 bits per heavy atom. The van der Waals surface area contributed by atoms with Gasteiger partial charge in [0.15, 0.2) is 0 Å². The van der Waals surface area contributed by atoms with E-state index < -0.39 is 4.92 Å². The minimum atomic E-state index is -0.434. The van der Waals surface area contributed by atoms with Crippen LogP contribution >= 0.6 is 11.6 Å². The summed E-state index contributed by atoms with van der Waals surface area (Å²) in [4.78, 5) is 41.3. The number of nitro benzene ring substituents is 1. The van der Waals surface area contributed by atoms with E-state index >= 15 is 0 Å². The van der Waals surface area contributed by atoms with Crippen LogP contribution in [0.4, 0.5) is 11.4 Å². The van der Waals surface area contributed by atoms with Gasteiger partial charge < -0.3 is 14.7 Å². The molecule has 0 N–H and O–H groups in total. The molecule has 2 amide bonds. The van der Waals surface area contributed by atoms with Crippen LogP contribution in [-0.4, -0.2) is 65.8 Å². The molecule has 0 bridgehead atoms. The topological polar surface area (TPSA) is 87.0 Å². The lowest BCUT2D eigenvalue weighted by Crippen LogP contribution is -2.49. The zero-order valence-electron chi connectivity index (χ0n) is 17.8. The Hall–Kier alpha value is -2.35. The van der Waals surface area contributed by atoms with Crippen LogP contribution in [0.5, 0.6) is 0 Å². The summed E-state index contributed by atoms with van der Waals surface area (Å²) in [6, 6.07) is 4.65. The predicted octanol–water partition coefficient (Wildman–Crippen LogP) is 3.72.